The van der Waals surface area contributed by atoms with E-state index >= 15 is 0 Å². The van der Waals surface area contributed by atoms with Crippen LogP contribution in [0.3, 0.4) is 0 Å². The number of nitrogens with zero attached hydrogens (tertiary/aromatic N) is 2. The van der Waals surface area contributed by atoms with Gasteiger partial charge in [-0.15, -0.1) is 4.28 Å². The quantitative estimate of drug-likeness (QED) is 0.641. The molecule has 96 valence electrons. The Morgan fingerprint density at radius 1 is 1.59 bits per heavy atom. The van der Waals surface area contributed by atoms with Gasteiger partial charge < -0.3 is 10.2 Å². The number of hydroxylamine groups is 2. The summed E-state index contributed by atoms with van der Waals surface area (Å²) in [5.74, 6) is -0.233. The van der Waals surface area contributed by atoms with E-state index < -0.39 is 23.4 Å². The van der Waals surface area contributed by atoms with Crippen molar-refractivity contribution in [2.24, 2.45) is 0 Å². The van der Waals surface area contributed by atoms with Crippen molar-refractivity contribution in [2.75, 3.05) is 13.6 Å². The Balaban J connectivity index is 2.13. The molecule has 0 saturated carbocycles. The molecular weight excluding hydrogens is 250 g/mol. The van der Waals surface area contributed by atoms with Crippen LogP contribution in [0, 0.1) is 0 Å². The predicted octanol–water partition coefficient (Wildman–Crippen LogP) is -0.931. The molecule has 2 rings (SSSR count). The first-order valence-corrected chi connectivity index (χ1v) is 6.18. The summed E-state index contributed by atoms with van der Waals surface area (Å²) in [6, 6.07) is -1.33. The van der Waals surface area contributed by atoms with Gasteiger partial charge in [0, 0.05) is 13.6 Å². The van der Waals surface area contributed by atoms with Gasteiger partial charge in [-0.1, -0.05) is 0 Å². The molecular formula is C8H13N3O5S. The molecule has 3 unspecified atom stereocenters. The lowest BCUT2D eigenvalue weighted by Gasteiger charge is -2.28. The van der Waals surface area contributed by atoms with Crippen LogP contribution in [0.15, 0.2) is 0 Å². The van der Waals surface area contributed by atoms with E-state index in [1.54, 1.807) is 0 Å². The average molecular weight is 263 g/mol. The molecule has 2 heterocycles. The van der Waals surface area contributed by atoms with Crippen molar-refractivity contribution in [1.29, 1.82) is 0 Å². The fourth-order valence-corrected chi connectivity index (χ4v) is 2.56. The average Bonchev–Trinajstić information content (AvgIpc) is 2.53. The Hall–Kier alpha value is -1.19. The summed E-state index contributed by atoms with van der Waals surface area (Å²) in [5.41, 5.74) is 0. The number of carbonyl (C=O) groups is 2. The fraction of sp³-hybridized carbons (Fsp3) is 0.750. The zero-order chi connectivity index (χ0) is 12.6. The molecule has 0 aromatic carbocycles. The molecule has 0 aromatic rings. The van der Waals surface area contributed by atoms with Crippen molar-refractivity contribution in [3.05, 3.63) is 0 Å². The lowest BCUT2D eigenvalue weighted by molar-refractivity contribution is -0.125. The number of fused-ring (bicyclic) bond motifs is 2. The van der Waals surface area contributed by atoms with Crippen molar-refractivity contribution < 1.29 is 22.6 Å². The maximum Gasteiger partial charge on any atom is 0.346 e. The van der Waals surface area contributed by atoms with Crippen LogP contribution >= 0.6 is 0 Å². The summed E-state index contributed by atoms with van der Waals surface area (Å²) in [5, 5.41) is 3.38. The van der Waals surface area contributed by atoms with Crippen LogP contribution in [-0.4, -0.2) is 56.3 Å². The van der Waals surface area contributed by atoms with Gasteiger partial charge in [0.25, 0.3) is 0 Å². The summed E-state index contributed by atoms with van der Waals surface area (Å²) in [6.45, 7) is 0.341. The minimum atomic E-state index is -2.53. The fourth-order valence-electron chi connectivity index (χ4n) is 2.24. The number of amides is 3. The van der Waals surface area contributed by atoms with Gasteiger partial charge in [0.1, 0.15) is 6.04 Å². The summed E-state index contributed by atoms with van der Waals surface area (Å²) in [4.78, 5) is 24.8. The van der Waals surface area contributed by atoms with Gasteiger partial charge in [-0.3, -0.25) is 9.35 Å². The molecule has 17 heavy (non-hydrogen) atoms. The lowest BCUT2D eigenvalue weighted by atomic mass is 10.0. The van der Waals surface area contributed by atoms with Gasteiger partial charge in [0.15, 0.2) is 0 Å². The van der Waals surface area contributed by atoms with Crippen molar-refractivity contribution in [3.8, 4) is 0 Å². The molecule has 2 fully saturated rings. The summed E-state index contributed by atoms with van der Waals surface area (Å²) >= 11 is -2.53. The lowest BCUT2D eigenvalue weighted by Crippen LogP contribution is -2.48. The Bertz CT molecular complexity index is 376. The molecule has 2 N–H and O–H groups in total. The van der Waals surface area contributed by atoms with Gasteiger partial charge in [0.2, 0.25) is 5.91 Å². The molecule has 8 nitrogen and oxygen atoms in total. The van der Waals surface area contributed by atoms with Gasteiger partial charge in [-0.05, 0) is 12.8 Å². The van der Waals surface area contributed by atoms with E-state index in [9.17, 15) is 13.8 Å². The Kier molecular flexibility index (Phi) is 3.31. The number of urea groups is 1. The van der Waals surface area contributed by atoms with Crippen molar-refractivity contribution in [3.63, 3.8) is 0 Å². The standard InChI is InChI=1S/C8H13N3O5S/c1-9-7(12)6-3-2-5-4-10(6)8(13)11(5)16-17(14)15/h5-6H,2-4H2,1H3,(H,9,12)(H,14,15). The van der Waals surface area contributed by atoms with Crippen molar-refractivity contribution >= 4 is 23.3 Å². The molecule has 2 aliphatic heterocycles. The van der Waals surface area contributed by atoms with Crippen LogP contribution in [-0.2, 0) is 20.4 Å². The molecule has 0 spiro atoms. The minimum Gasteiger partial charge on any atom is -0.357 e. The maximum atomic E-state index is 11.9. The number of carbonyl (C=O) groups excluding carboxylic acids is 2. The SMILES string of the molecule is CNC(=O)C1CCC2CN1C(=O)N2OS(=O)O. The summed E-state index contributed by atoms with van der Waals surface area (Å²) < 4.78 is 23.7. The molecule has 2 bridgehead atoms. The first kappa shape index (κ1) is 12.3. The third kappa shape index (κ3) is 2.13. The monoisotopic (exact) mass is 263 g/mol. The van der Waals surface area contributed by atoms with E-state index in [2.05, 4.69) is 9.60 Å². The first-order chi connectivity index (χ1) is 8.04. The second-order valence-corrected chi connectivity index (χ2v) is 4.50. The van der Waals surface area contributed by atoms with Crippen LogP contribution in [0.4, 0.5) is 4.79 Å². The van der Waals surface area contributed by atoms with E-state index in [4.69, 9.17) is 4.55 Å². The van der Waals surface area contributed by atoms with Gasteiger partial charge in [-0.25, -0.2) is 4.79 Å². The number of piperidine rings is 1. The van der Waals surface area contributed by atoms with E-state index in [-0.39, 0.29) is 11.9 Å². The number of hydrogen-bond acceptors (Lipinski definition) is 4. The largest absolute Gasteiger partial charge is 0.357 e. The second kappa shape index (κ2) is 4.59. The smallest absolute Gasteiger partial charge is 0.346 e. The third-order valence-corrected chi connectivity index (χ3v) is 3.30. The van der Waals surface area contributed by atoms with E-state index in [1.807, 2.05) is 0 Å². The van der Waals surface area contributed by atoms with Crippen LogP contribution in [0.2, 0.25) is 0 Å². The van der Waals surface area contributed by atoms with Crippen molar-refractivity contribution in [1.82, 2.24) is 15.3 Å². The van der Waals surface area contributed by atoms with Gasteiger partial charge in [0.05, 0.1) is 6.04 Å². The van der Waals surface area contributed by atoms with Crippen LogP contribution in [0.5, 0.6) is 0 Å². The molecule has 0 radical (unpaired) electrons. The molecule has 9 heteroatoms. The van der Waals surface area contributed by atoms with Crippen molar-refractivity contribution in [2.45, 2.75) is 24.9 Å². The zero-order valence-corrected chi connectivity index (χ0v) is 9.98. The van der Waals surface area contributed by atoms with Gasteiger partial charge in [-0.2, -0.15) is 9.27 Å². The molecule has 3 atom stereocenters. The molecule has 3 amide bonds. The summed E-state index contributed by atoms with van der Waals surface area (Å²) in [7, 11) is 1.51. The summed E-state index contributed by atoms with van der Waals surface area (Å²) in [6.07, 6.45) is 1.09. The molecule has 2 saturated heterocycles. The second-order valence-electron chi connectivity index (χ2n) is 3.91. The van der Waals surface area contributed by atoms with E-state index in [1.165, 1.54) is 11.9 Å². The normalized spacial score (nSPS) is 29.4. The maximum absolute atomic E-state index is 11.9. The molecule has 0 aromatic heterocycles. The topological polar surface area (TPSA) is 99.2 Å². The highest BCUT2D eigenvalue weighted by Gasteiger charge is 2.48. The number of hydrogen-bond donors (Lipinski definition) is 2. The highest BCUT2D eigenvalue weighted by molar-refractivity contribution is 7.74. The van der Waals surface area contributed by atoms with E-state index in [0.717, 1.165) is 5.06 Å². The highest BCUT2D eigenvalue weighted by atomic mass is 32.2. The molecule has 2 aliphatic rings. The number of nitrogens with one attached hydrogen (secondary N) is 1. The van der Waals surface area contributed by atoms with E-state index in [0.29, 0.717) is 19.4 Å². The number of rotatable bonds is 3. The third-order valence-electron chi connectivity index (χ3n) is 3.02. The number of likely N-dealkylation sites (N-methyl/N-ethyl adjacent to an activating group) is 1. The Morgan fingerprint density at radius 2 is 2.29 bits per heavy atom. The van der Waals surface area contributed by atoms with Crippen LogP contribution in [0.25, 0.3) is 0 Å². The Labute approximate surface area is 100 Å². The van der Waals surface area contributed by atoms with Crippen LogP contribution < -0.4 is 5.32 Å². The minimum absolute atomic E-state index is 0.233. The Morgan fingerprint density at radius 3 is 2.88 bits per heavy atom. The molecule has 0 aliphatic carbocycles. The first-order valence-electron chi connectivity index (χ1n) is 5.15. The zero-order valence-electron chi connectivity index (χ0n) is 9.16. The highest BCUT2D eigenvalue weighted by Crippen LogP contribution is 2.30. The predicted molar refractivity (Wildman–Crippen MR) is 56.7 cm³/mol. The van der Waals surface area contributed by atoms with Gasteiger partial charge >= 0.3 is 17.4 Å². The van der Waals surface area contributed by atoms with Crippen LogP contribution in [0.1, 0.15) is 12.8 Å².